The van der Waals surface area contributed by atoms with Crippen molar-refractivity contribution in [3.05, 3.63) is 77.3 Å². The van der Waals surface area contributed by atoms with E-state index in [2.05, 4.69) is 25.3 Å². The van der Waals surface area contributed by atoms with E-state index in [1.807, 2.05) is 29.6 Å². The van der Waals surface area contributed by atoms with Crippen LogP contribution in [0.2, 0.25) is 0 Å². The largest absolute Gasteiger partial charge is 0.378 e. The van der Waals surface area contributed by atoms with E-state index in [1.54, 1.807) is 18.3 Å². The summed E-state index contributed by atoms with van der Waals surface area (Å²) in [4.78, 5) is 24.7. The molecular formula is C23H21FN6O2S. The molecule has 1 N–H and O–H groups in total. The lowest BCUT2D eigenvalue weighted by Crippen LogP contribution is -2.36. The third kappa shape index (κ3) is 4.76. The van der Waals surface area contributed by atoms with Crippen molar-refractivity contribution < 1.29 is 13.9 Å². The molecule has 1 aliphatic heterocycles. The Morgan fingerprint density at radius 1 is 1.15 bits per heavy atom. The zero-order chi connectivity index (χ0) is 22.6. The molecule has 0 aliphatic carbocycles. The van der Waals surface area contributed by atoms with Crippen LogP contribution in [0.25, 0.3) is 16.4 Å². The minimum absolute atomic E-state index is 0.0186. The van der Waals surface area contributed by atoms with Crippen LogP contribution in [0.4, 0.5) is 10.2 Å². The molecule has 4 heterocycles. The van der Waals surface area contributed by atoms with Crippen LogP contribution in [-0.2, 0) is 11.3 Å². The third-order valence-electron chi connectivity index (χ3n) is 5.20. The molecule has 4 aromatic rings. The van der Waals surface area contributed by atoms with Gasteiger partial charge in [-0.15, -0.1) is 16.4 Å². The smallest absolute Gasteiger partial charge is 0.291 e. The van der Waals surface area contributed by atoms with Crippen LogP contribution in [0, 0.1) is 5.82 Å². The molecule has 0 saturated carbocycles. The first-order valence-electron chi connectivity index (χ1n) is 10.5. The number of nitrogens with zero attached hydrogens (tertiary/aromatic N) is 5. The highest BCUT2D eigenvalue weighted by atomic mass is 32.1. The lowest BCUT2D eigenvalue weighted by Gasteiger charge is -2.28. The molecule has 1 aromatic carbocycles. The molecule has 3 aromatic heterocycles. The van der Waals surface area contributed by atoms with Gasteiger partial charge < -0.3 is 15.0 Å². The second kappa shape index (κ2) is 9.47. The molecule has 1 aliphatic rings. The fraction of sp³-hybridized carbons (Fsp3) is 0.217. The normalized spacial score (nSPS) is 13.8. The first-order chi connectivity index (χ1) is 16.2. The number of anilines is 1. The molecule has 168 valence electrons. The lowest BCUT2D eigenvalue weighted by atomic mass is 10.2. The van der Waals surface area contributed by atoms with Crippen LogP contribution >= 0.6 is 11.3 Å². The highest BCUT2D eigenvalue weighted by Gasteiger charge is 2.20. The van der Waals surface area contributed by atoms with Crippen molar-refractivity contribution in [1.29, 1.82) is 0 Å². The fourth-order valence-corrected chi connectivity index (χ4v) is 4.26. The molecule has 5 rings (SSSR count). The van der Waals surface area contributed by atoms with Crippen LogP contribution in [0.5, 0.6) is 0 Å². The molecule has 0 spiro atoms. The average Bonchev–Trinajstić information content (AvgIpc) is 3.54. The number of thiophene rings is 1. The van der Waals surface area contributed by atoms with Gasteiger partial charge in [-0.1, -0.05) is 12.1 Å². The van der Waals surface area contributed by atoms with Gasteiger partial charge in [0.15, 0.2) is 5.82 Å². The standard InChI is InChI=1S/C23H21FN6O2S/c24-17-3-1-4-18(14-17)30-22(19-5-2-12-33-19)27-21(28-30)23(31)26-15-16-6-7-25-20(13-16)29-8-10-32-11-9-29/h1-7,12-14H,8-11,15H2,(H,26,31). The monoisotopic (exact) mass is 464 g/mol. The number of ether oxygens (including phenoxy) is 1. The maximum absolute atomic E-state index is 13.8. The predicted molar refractivity (Wildman–Crippen MR) is 123 cm³/mol. The van der Waals surface area contributed by atoms with Crippen molar-refractivity contribution in [2.24, 2.45) is 0 Å². The number of carbonyl (C=O) groups excluding carboxylic acids is 1. The third-order valence-corrected chi connectivity index (χ3v) is 6.07. The molecule has 1 fully saturated rings. The van der Waals surface area contributed by atoms with E-state index in [4.69, 9.17) is 4.74 Å². The summed E-state index contributed by atoms with van der Waals surface area (Å²) in [5.41, 5.74) is 1.41. The molecule has 8 nitrogen and oxygen atoms in total. The summed E-state index contributed by atoms with van der Waals surface area (Å²) in [6.07, 6.45) is 1.73. The summed E-state index contributed by atoms with van der Waals surface area (Å²) in [5, 5.41) is 9.17. The number of amides is 1. The summed E-state index contributed by atoms with van der Waals surface area (Å²) in [7, 11) is 0. The van der Waals surface area contributed by atoms with Gasteiger partial charge in [0.05, 0.1) is 23.8 Å². The summed E-state index contributed by atoms with van der Waals surface area (Å²) >= 11 is 1.47. The van der Waals surface area contributed by atoms with Crippen molar-refractivity contribution in [1.82, 2.24) is 25.1 Å². The number of halogens is 1. The van der Waals surface area contributed by atoms with Crippen molar-refractivity contribution in [2.45, 2.75) is 6.54 Å². The molecule has 0 unspecified atom stereocenters. The topological polar surface area (TPSA) is 85.2 Å². The fourth-order valence-electron chi connectivity index (χ4n) is 3.56. The van der Waals surface area contributed by atoms with Gasteiger partial charge >= 0.3 is 0 Å². The van der Waals surface area contributed by atoms with Gasteiger partial charge in [0.1, 0.15) is 11.6 Å². The van der Waals surface area contributed by atoms with E-state index in [9.17, 15) is 9.18 Å². The van der Waals surface area contributed by atoms with Gasteiger partial charge in [-0.2, -0.15) is 0 Å². The highest BCUT2D eigenvalue weighted by molar-refractivity contribution is 7.13. The molecular weight excluding hydrogens is 443 g/mol. The van der Waals surface area contributed by atoms with E-state index in [1.165, 1.54) is 28.2 Å². The molecule has 0 radical (unpaired) electrons. The van der Waals surface area contributed by atoms with Crippen LogP contribution in [0.3, 0.4) is 0 Å². The van der Waals surface area contributed by atoms with Crippen LogP contribution < -0.4 is 10.2 Å². The summed E-state index contributed by atoms with van der Waals surface area (Å²) < 4.78 is 20.7. The number of hydrogen-bond donors (Lipinski definition) is 1. The van der Waals surface area contributed by atoms with Crippen LogP contribution in [0.1, 0.15) is 16.2 Å². The first-order valence-corrected chi connectivity index (χ1v) is 11.4. The van der Waals surface area contributed by atoms with Crippen molar-refractivity contribution >= 4 is 23.1 Å². The maximum atomic E-state index is 13.8. The Hall–Kier alpha value is -3.63. The second-order valence-electron chi connectivity index (χ2n) is 7.43. The number of nitrogens with one attached hydrogen (secondary N) is 1. The molecule has 1 amide bonds. The number of rotatable bonds is 6. The number of pyridine rings is 1. The van der Waals surface area contributed by atoms with E-state index >= 15 is 0 Å². The Balaban J connectivity index is 1.35. The van der Waals surface area contributed by atoms with Crippen molar-refractivity contribution in [2.75, 3.05) is 31.2 Å². The number of morpholine rings is 1. The quantitative estimate of drug-likeness (QED) is 0.471. The SMILES string of the molecule is O=C(NCc1ccnc(N2CCOCC2)c1)c1nc(-c2cccs2)n(-c2cccc(F)c2)n1. The Bertz CT molecular complexity index is 1250. The van der Waals surface area contributed by atoms with Gasteiger partial charge in [-0.25, -0.2) is 19.0 Å². The number of carbonyl (C=O) groups is 1. The molecule has 10 heteroatoms. The number of aromatic nitrogens is 4. The Kier molecular flexibility index (Phi) is 6.09. The molecule has 0 bridgehead atoms. The summed E-state index contributed by atoms with van der Waals surface area (Å²) in [6.45, 7) is 3.23. The number of hydrogen-bond acceptors (Lipinski definition) is 7. The Labute approximate surface area is 193 Å². The van der Waals surface area contributed by atoms with Crippen LogP contribution in [0.15, 0.2) is 60.1 Å². The van der Waals surface area contributed by atoms with E-state index in [0.29, 0.717) is 31.3 Å². The molecule has 1 saturated heterocycles. The maximum Gasteiger partial charge on any atom is 0.291 e. The van der Waals surface area contributed by atoms with E-state index in [-0.39, 0.29) is 11.6 Å². The highest BCUT2D eigenvalue weighted by Crippen LogP contribution is 2.26. The van der Waals surface area contributed by atoms with Gasteiger partial charge in [-0.05, 0) is 47.3 Å². The van der Waals surface area contributed by atoms with E-state index < -0.39 is 5.91 Å². The van der Waals surface area contributed by atoms with E-state index in [0.717, 1.165) is 29.3 Å². The van der Waals surface area contributed by atoms with Crippen molar-refractivity contribution in [3.63, 3.8) is 0 Å². The average molecular weight is 465 g/mol. The van der Waals surface area contributed by atoms with Crippen molar-refractivity contribution in [3.8, 4) is 16.4 Å². The first kappa shape index (κ1) is 21.2. The second-order valence-corrected chi connectivity index (χ2v) is 8.38. The summed E-state index contributed by atoms with van der Waals surface area (Å²) in [6, 6.07) is 13.6. The lowest BCUT2D eigenvalue weighted by molar-refractivity contribution is 0.0940. The zero-order valence-electron chi connectivity index (χ0n) is 17.6. The van der Waals surface area contributed by atoms with Gasteiger partial charge in [0.25, 0.3) is 5.91 Å². The number of benzene rings is 1. The molecule has 0 atom stereocenters. The minimum atomic E-state index is -0.410. The Morgan fingerprint density at radius 2 is 2.03 bits per heavy atom. The van der Waals surface area contributed by atoms with Crippen LogP contribution in [-0.4, -0.2) is 52.0 Å². The van der Waals surface area contributed by atoms with Gasteiger partial charge in [-0.3, -0.25) is 4.79 Å². The van der Waals surface area contributed by atoms with Gasteiger partial charge in [0.2, 0.25) is 5.82 Å². The Morgan fingerprint density at radius 3 is 2.82 bits per heavy atom. The minimum Gasteiger partial charge on any atom is -0.378 e. The zero-order valence-corrected chi connectivity index (χ0v) is 18.5. The molecule has 33 heavy (non-hydrogen) atoms. The van der Waals surface area contributed by atoms with Gasteiger partial charge in [0, 0.05) is 25.8 Å². The summed E-state index contributed by atoms with van der Waals surface area (Å²) in [5.74, 6) is 0.565. The predicted octanol–water partition coefficient (Wildman–Crippen LogP) is 3.30.